The molecule has 2 N–H and O–H groups in total. The van der Waals surface area contributed by atoms with Gasteiger partial charge in [-0.15, -0.1) is 0 Å². The van der Waals surface area contributed by atoms with Crippen LogP contribution in [0.4, 0.5) is 11.4 Å². The summed E-state index contributed by atoms with van der Waals surface area (Å²) in [5, 5.41) is 7.18. The number of para-hydroxylation sites is 2. The van der Waals surface area contributed by atoms with Crippen LogP contribution in [0.25, 0.3) is 10.9 Å². The average Bonchev–Trinajstić information content (AvgIpc) is 2.60. The van der Waals surface area contributed by atoms with Gasteiger partial charge in [-0.05, 0) is 29.7 Å². The molecular weight excluding hydrogens is 298 g/mol. The van der Waals surface area contributed by atoms with E-state index in [0.29, 0.717) is 5.92 Å². The molecule has 1 amide bonds. The zero-order valence-corrected chi connectivity index (χ0v) is 13.9. The predicted molar refractivity (Wildman–Crippen MR) is 99.4 cm³/mol. The molecule has 122 valence electrons. The minimum atomic E-state index is -0.0910. The fourth-order valence-electron chi connectivity index (χ4n) is 2.74. The molecule has 0 saturated carbocycles. The van der Waals surface area contributed by atoms with E-state index in [1.165, 1.54) is 5.56 Å². The second-order valence-electron chi connectivity index (χ2n) is 6.02. The quantitative estimate of drug-likeness (QED) is 0.732. The van der Waals surface area contributed by atoms with Crippen LogP contribution in [-0.2, 0) is 4.79 Å². The molecule has 0 aliphatic heterocycles. The van der Waals surface area contributed by atoms with Gasteiger partial charge in [0.15, 0.2) is 0 Å². The molecule has 0 fully saturated rings. The van der Waals surface area contributed by atoms with Crippen molar-refractivity contribution >= 4 is 28.2 Å². The number of nitrogens with zero attached hydrogens (tertiary/aromatic N) is 1. The highest BCUT2D eigenvalue weighted by atomic mass is 16.1. The molecule has 0 radical (unpaired) electrons. The molecular formula is C20H21N3O. The summed E-state index contributed by atoms with van der Waals surface area (Å²) in [6, 6.07) is 17.7. The number of amides is 1. The topological polar surface area (TPSA) is 54.0 Å². The van der Waals surface area contributed by atoms with Gasteiger partial charge in [-0.2, -0.15) is 0 Å². The summed E-state index contributed by atoms with van der Waals surface area (Å²) in [7, 11) is 0. The van der Waals surface area contributed by atoms with E-state index >= 15 is 0 Å². The summed E-state index contributed by atoms with van der Waals surface area (Å²) in [5.74, 6) is 0.311. The Morgan fingerprint density at radius 2 is 1.75 bits per heavy atom. The molecule has 0 aliphatic carbocycles. The lowest BCUT2D eigenvalue weighted by Gasteiger charge is -2.14. The van der Waals surface area contributed by atoms with Crippen LogP contribution >= 0.6 is 0 Å². The highest BCUT2D eigenvalue weighted by Gasteiger charge is 2.09. The van der Waals surface area contributed by atoms with Gasteiger partial charge in [0.05, 0.1) is 17.7 Å². The van der Waals surface area contributed by atoms with E-state index in [1.54, 1.807) is 6.20 Å². The van der Waals surface area contributed by atoms with Crippen LogP contribution in [0.1, 0.15) is 25.3 Å². The molecule has 4 nitrogen and oxygen atoms in total. The molecule has 0 unspecified atom stereocenters. The Hall–Kier alpha value is -2.88. The minimum absolute atomic E-state index is 0.0910. The van der Waals surface area contributed by atoms with Crippen LogP contribution in [0.15, 0.2) is 60.8 Å². The smallest absolute Gasteiger partial charge is 0.243 e. The summed E-state index contributed by atoms with van der Waals surface area (Å²) in [5.41, 5.74) is 3.74. The number of carbonyl (C=O) groups is 1. The van der Waals surface area contributed by atoms with E-state index < -0.39 is 0 Å². The summed E-state index contributed by atoms with van der Waals surface area (Å²) in [4.78, 5) is 16.7. The standard InChI is InChI=1S/C20H21N3O/c1-14(2)16-9-3-4-10-17(16)22-13-19(24)23-18-11-5-7-15-8-6-12-21-20(15)18/h3-12,14,22H,13H2,1-2H3,(H,23,24). The Balaban J connectivity index is 1.70. The number of aromatic nitrogens is 1. The highest BCUT2D eigenvalue weighted by Crippen LogP contribution is 2.24. The molecule has 2 aromatic carbocycles. The van der Waals surface area contributed by atoms with Gasteiger partial charge in [0.25, 0.3) is 0 Å². The number of hydrogen-bond acceptors (Lipinski definition) is 3. The summed E-state index contributed by atoms with van der Waals surface area (Å²) in [6.07, 6.45) is 1.73. The van der Waals surface area contributed by atoms with E-state index in [-0.39, 0.29) is 12.5 Å². The van der Waals surface area contributed by atoms with Crippen molar-refractivity contribution in [3.63, 3.8) is 0 Å². The fraction of sp³-hybridized carbons (Fsp3) is 0.200. The number of benzene rings is 2. The third kappa shape index (κ3) is 3.54. The van der Waals surface area contributed by atoms with Gasteiger partial charge >= 0.3 is 0 Å². The normalized spacial score (nSPS) is 10.8. The number of rotatable bonds is 5. The zero-order chi connectivity index (χ0) is 16.9. The number of carbonyl (C=O) groups excluding carboxylic acids is 1. The van der Waals surface area contributed by atoms with Gasteiger partial charge in [0.2, 0.25) is 5.91 Å². The third-order valence-corrected chi connectivity index (χ3v) is 3.93. The maximum atomic E-state index is 12.3. The lowest BCUT2D eigenvalue weighted by molar-refractivity contribution is -0.114. The second-order valence-corrected chi connectivity index (χ2v) is 6.02. The number of nitrogens with one attached hydrogen (secondary N) is 2. The van der Waals surface area contributed by atoms with Crippen molar-refractivity contribution in [2.24, 2.45) is 0 Å². The van der Waals surface area contributed by atoms with Crippen molar-refractivity contribution in [3.05, 3.63) is 66.4 Å². The average molecular weight is 319 g/mol. The SMILES string of the molecule is CC(C)c1ccccc1NCC(=O)Nc1cccc2cccnc12. The van der Waals surface area contributed by atoms with Gasteiger partial charge in [-0.25, -0.2) is 0 Å². The van der Waals surface area contributed by atoms with Crippen molar-refractivity contribution < 1.29 is 4.79 Å². The molecule has 1 heterocycles. The van der Waals surface area contributed by atoms with E-state index in [2.05, 4.69) is 35.5 Å². The van der Waals surface area contributed by atoms with Crippen LogP contribution in [0, 0.1) is 0 Å². The molecule has 0 aliphatic rings. The van der Waals surface area contributed by atoms with Gasteiger partial charge < -0.3 is 10.6 Å². The maximum absolute atomic E-state index is 12.3. The number of fused-ring (bicyclic) bond motifs is 1. The van der Waals surface area contributed by atoms with Crippen molar-refractivity contribution in [1.29, 1.82) is 0 Å². The molecule has 0 atom stereocenters. The molecule has 0 spiro atoms. The van der Waals surface area contributed by atoms with Crippen LogP contribution < -0.4 is 10.6 Å². The van der Waals surface area contributed by atoms with Gasteiger partial charge in [0, 0.05) is 17.3 Å². The first-order chi connectivity index (χ1) is 11.6. The highest BCUT2D eigenvalue weighted by molar-refractivity contribution is 6.01. The Bertz CT molecular complexity index is 853. The molecule has 1 aromatic heterocycles. The third-order valence-electron chi connectivity index (χ3n) is 3.93. The van der Waals surface area contributed by atoms with E-state index in [9.17, 15) is 4.79 Å². The second kappa shape index (κ2) is 7.13. The zero-order valence-electron chi connectivity index (χ0n) is 13.9. The van der Waals surface area contributed by atoms with E-state index in [0.717, 1.165) is 22.3 Å². The first-order valence-electron chi connectivity index (χ1n) is 8.11. The summed E-state index contributed by atoms with van der Waals surface area (Å²) < 4.78 is 0. The minimum Gasteiger partial charge on any atom is -0.376 e. The molecule has 0 bridgehead atoms. The van der Waals surface area contributed by atoms with Crippen molar-refractivity contribution in [2.45, 2.75) is 19.8 Å². The van der Waals surface area contributed by atoms with Crippen LogP contribution in [0.5, 0.6) is 0 Å². The molecule has 3 aromatic rings. The van der Waals surface area contributed by atoms with Crippen LogP contribution in [-0.4, -0.2) is 17.4 Å². The Morgan fingerprint density at radius 3 is 2.58 bits per heavy atom. The first kappa shape index (κ1) is 16.0. The van der Waals surface area contributed by atoms with E-state index in [1.807, 2.05) is 48.5 Å². The summed E-state index contributed by atoms with van der Waals surface area (Å²) in [6.45, 7) is 4.50. The van der Waals surface area contributed by atoms with E-state index in [4.69, 9.17) is 0 Å². The Kier molecular flexibility index (Phi) is 4.75. The van der Waals surface area contributed by atoms with Crippen LogP contribution in [0.3, 0.4) is 0 Å². The predicted octanol–water partition coefficient (Wildman–Crippen LogP) is 4.41. The molecule has 24 heavy (non-hydrogen) atoms. The van der Waals surface area contributed by atoms with Gasteiger partial charge in [-0.1, -0.05) is 50.2 Å². The Labute approximate surface area is 141 Å². The summed E-state index contributed by atoms with van der Waals surface area (Å²) >= 11 is 0. The Morgan fingerprint density at radius 1 is 1.00 bits per heavy atom. The largest absolute Gasteiger partial charge is 0.376 e. The van der Waals surface area contributed by atoms with Crippen molar-refractivity contribution in [1.82, 2.24) is 4.98 Å². The first-order valence-corrected chi connectivity index (χ1v) is 8.11. The van der Waals surface area contributed by atoms with Gasteiger partial charge in [-0.3, -0.25) is 9.78 Å². The molecule has 0 saturated heterocycles. The maximum Gasteiger partial charge on any atom is 0.243 e. The molecule has 4 heteroatoms. The number of hydrogen-bond donors (Lipinski definition) is 2. The lowest BCUT2D eigenvalue weighted by Crippen LogP contribution is -2.22. The number of pyridine rings is 1. The van der Waals surface area contributed by atoms with Crippen molar-refractivity contribution in [2.75, 3.05) is 17.2 Å². The van der Waals surface area contributed by atoms with Crippen molar-refractivity contribution in [3.8, 4) is 0 Å². The molecule has 3 rings (SSSR count). The number of anilines is 2. The lowest BCUT2D eigenvalue weighted by atomic mass is 10.0. The fourth-order valence-corrected chi connectivity index (χ4v) is 2.74. The monoisotopic (exact) mass is 319 g/mol. The van der Waals surface area contributed by atoms with Gasteiger partial charge in [0.1, 0.15) is 0 Å². The van der Waals surface area contributed by atoms with Crippen LogP contribution in [0.2, 0.25) is 0 Å².